The van der Waals surface area contributed by atoms with E-state index < -0.39 is 0 Å². The average molecular weight is 233 g/mol. The van der Waals surface area contributed by atoms with Gasteiger partial charge in [0.05, 0.1) is 0 Å². The van der Waals surface area contributed by atoms with E-state index in [9.17, 15) is 0 Å². The maximum atomic E-state index is 5.95. The molecule has 1 saturated heterocycles. The van der Waals surface area contributed by atoms with Gasteiger partial charge in [0.1, 0.15) is 10.0 Å². The van der Waals surface area contributed by atoms with Crippen LogP contribution in [0.4, 0.5) is 0 Å². The number of rotatable bonds is 2. The number of hydrogen-bond acceptors (Lipinski definition) is 5. The van der Waals surface area contributed by atoms with E-state index in [0.717, 1.165) is 36.2 Å². The van der Waals surface area contributed by atoms with Crippen molar-refractivity contribution in [2.75, 3.05) is 19.6 Å². The molecule has 2 heterocycles. The van der Waals surface area contributed by atoms with Gasteiger partial charge in [0.2, 0.25) is 0 Å². The highest BCUT2D eigenvalue weighted by molar-refractivity contribution is 7.10. The fourth-order valence-electron chi connectivity index (χ4n) is 1.66. The standard InChI is InChI=1S/C8H13ClN4S/c1-6-4-13(3-2-10-6)5-7-8(9)14-12-11-7/h6,10H,2-5H2,1H3. The SMILES string of the molecule is CC1CN(Cc2nnsc2Cl)CCN1. The first kappa shape index (κ1) is 10.3. The molecule has 0 bridgehead atoms. The molecule has 1 aliphatic rings. The molecule has 0 radical (unpaired) electrons. The van der Waals surface area contributed by atoms with Crippen LogP contribution in [-0.4, -0.2) is 40.2 Å². The number of halogens is 1. The molecule has 0 aromatic carbocycles. The summed E-state index contributed by atoms with van der Waals surface area (Å²) in [5.41, 5.74) is 0.908. The van der Waals surface area contributed by atoms with Gasteiger partial charge in [-0.25, -0.2) is 0 Å². The van der Waals surface area contributed by atoms with Crippen molar-refractivity contribution in [3.05, 3.63) is 10.0 Å². The number of hydrogen-bond donors (Lipinski definition) is 1. The first-order valence-electron chi connectivity index (χ1n) is 4.68. The van der Waals surface area contributed by atoms with Crippen LogP contribution >= 0.6 is 23.1 Å². The first-order chi connectivity index (χ1) is 6.75. The molecule has 0 saturated carbocycles. The van der Waals surface area contributed by atoms with Crippen LogP contribution in [0.5, 0.6) is 0 Å². The van der Waals surface area contributed by atoms with Crippen molar-refractivity contribution in [1.82, 2.24) is 19.8 Å². The van der Waals surface area contributed by atoms with Crippen LogP contribution in [0.1, 0.15) is 12.6 Å². The summed E-state index contributed by atoms with van der Waals surface area (Å²) in [6.07, 6.45) is 0. The molecule has 0 aliphatic carbocycles. The molecule has 0 amide bonds. The van der Waals surface area contributed by atoms with Crippen LogP contribution in [0.2, 0.25) is 4.34 Å². The predicted octanol–water partition coefficient (Wildman–Crippen LogP) is 0.985. The zero-order valence-electron chi connectivity index (χ0n) is 8.03. The summed E-state index contributed by atoms with van der Waals surface area (Å²) in [7, 11) is 0. The lowest BCUT2D eigenvalue weighted by Gasteiger charge is -2.31. The summed E-state index contributed by atoms with van der Waals surface area (Å²) in [6, 6.07) is 0.550. The van der Waals surface area contributed by atoms with Crippen molar-refractivity contribution in [3.63, 3.8) is 0 Å². The molecule has 1 aliphatic heterocycles. The van der Waals surface area contributed by atoms with Crippen LogP contribution in [0, 0.1) is 0 Å². The van der Waals surface area contributed by atoms with Crippen LogP contribution in [0.15, 0.2) is 0 Å². The molecule has 1 aromatic heterocycles. The molecule has 1 fully saturated rings. The second-order valence-corrected chi connectivity index (χ2v) is 4.94. The first-order valence-corrected chi connectivity index (χ1v) is 5.83. The quantitative estimate of drug-likeness (QED) is 0.826. The molecular formula is C8H13ClN4S. The molecule has 2 rings (SSSR count). The van der Waals surface area contributed by atoms with E-state index in [0.29, 0.717) is 6.04 Å². The van der Waals surface area contributed by atoms with E-state index in [1.165, 1.54) is 11.5 Å². The Labute approximate surface area is 92.4 Å². The Balaban J connectivity index is 1.94. The number of nitrogens with zero attached hydrogens (tertiary/aromatic N) is 3. The Hall–Kier alpha value is -0.230. The van der Waals surface area contributed by atoms with E-state index in [-0.39, 0.29) is 0 Å². The third-order valence-electron chi connectivity index (χ3n) is 2.34. The van der Waals surface area contributed by atoms with E-state index in [1.807, 2.05) is 0 Å². The lowest BCUT2D eigenvalue weighted by atomic mass is 10.2. The minimum atomic E-state index is 0.550. The van der Waals surface area contributed by atoms with Crippen molar-refractivity contribution in [2.24, 2.45) is 0 Å². The third kappa shape index (κ3) is 2.42. The van der Waals surface area contributed by atoms with Crippen molar-refractivity contribution in [1.29, 1.82) is 0 Å². The topological polar surface area (TPSA) is 41.1 Å². The molecule has 4 nitrogen and oxygen atoms in total. The predicted molar refractivity (Wildman–Crippen MR) is 57.7 cm³/mol. The van der Waals surface area contributed by atoms with Crippen LogP contribution < -0.4 is 5.32 Å². The fourth-order valence-corrected chi connectivity index (χ4v) is 2.27. The minimum Gasteiger partial charge on any atom is -0.312 e. The van der Waals surface area contributed by atoms with Crippen LogP contribution in [-0.2, 0) is 6.54 Å². The van der Waals surface area contributed by atoms with Crippen molar-refractivity contribution >= 4 is 23.1 Å². The van der Waals surface area contributed by atoms with Crippen molar-refractivity contribution in [2.45, 2.75) is 19.5 Å². The Bertz CT molecular complexity index is 303. The van der Waals surface area contributed by atoms with Gasteiger partial charge in [-0.05, 0) is 6.92 Å². The summed E-state index contributed by atoms with van der Waals surface area (Å²) >= 11 is 7.20. The minimum absolute atomic E-state index is 0.550. The average Bonchev–Trinajstić information content (AvgIpc) is 2.52. The summed E-state index contributed by atoms with van der Waals surface area (Å²) in [6.45, 7) is 6.15. The highest BCUT2D eigenvalue weighted by Crippen LogP contribution is 2.19. The Morgan fingerprint density at radius 3 is 3.21 bits per heavy atom. The summed E-state index contributed by atoms with van der Waals surface area (Å²) in [5.74, 6) is 0. The lowest BCUT2D eigenvalue weighted by Crippen LogP contribution is -2.48. The number of nitrogens with one attached hydrogen (secondary N) is 1. The van der Waals surface area contributed by atoms with E-state index in [2.05, 4.69) is 26.7 Å². The normalized spacial score (nSPS) is 24.0. The molecule has 14 heavy (non-hydrogen) atoms. The zero-order valence-corrected chi connectivity index (χ0v) is 9.61. The Morgan fingerprint density at radius 1 is 1.71 bits per heavy atom. The molecule has 1 unspecified atom stereocenters. The van der Waals surface area contributed by atoms with Gasteiger partial charge in [-0.15, -0.1) is 5.10 Å². The van der Waals surface area contributed by atoms with Crippen molar-refractivity contribution < 1.29 is 0 Å². The molecule has 6 heteroatoms. The van der Waals surface area contributed by atoms with Gasteiger partial charge in [-0.1, -0.05) is 16.1 Å². The van der Waals surface area contributed by atoms with Gasteiger partial charge in [0.15, 0.2) is 0 Å². The smallest absolute Gasteiger partial charge is 0.138 e. The van der Waals surface area contributed by atoms with Gasteiger partial charge >= 0.3 is 0 Å². The Morgan fingerprint density at radius 2 is 2.57 bits per heavy atom. The zero-order chi connectivity index (χ0) is 9.97. The van der Waals surface area contributed by atoms with Gasteiger partial charge in [0, 0.05) is 43.8 Å². The highest BCUT2D eigenvalue weighted by atomic mass is 35.5. The van der Waals surface area contributed by atoms with E-state index in [1.54, 1.807) is 0 Å². The largest absolute Gasteiger partial charge is 0.312 e. The molecule has 1 atom stereocenters. The lowest BCUT2D eigenvalue weighted by molar-refractivity contribution is 0.197. The third-order valence-corrected chi connectivity index (χ3v) is 3.32. The fraction of sp³-hybridized carbons (Fsp3) is 0.750. The van der Waals surface area contributed by atoms with E-state index in [4.69, 9.17) is 11.6 Å². The van der Waals surface area contributed by atoms with Gasteiger partial charge in [-0.2, -0.15) is 0 Å². The molecule has 78 valence electrons. The monoisotopic (exact) mass is 232 g/mol. The number of piperazine rings is 1. The van der Waals surface area contributed by atoms with Gasteiger partial charge in [0.25, 0.3) is 0 Å². The molecule has 1 N–H and O–H groups in total. The second kappa shape index (κ2) is 4.53. The second-order valence-electron chi connectivity index (χ2n) is 3.58. The summed E-state index contributed by atoms with van der Waals surface area (Å²) in [5, 5.41) is 7.41. The molecule has 0 spiro atoms. The van der Waals surface area contributed by atoms with Crippen LogP contribution in [0.25, 0.3) is 0 Å². The molecular weight excluding hydrogens is 220 g/mol. The molecule has 1 aromatic rings. The van der Waals surface area contributed by atoms with Crippen LogP contribution in [0.3, 0.4) is 0 Å². The Kier molecular flexibility index (Phi) is 3.33. The van der Waals surface area contributed by atoms with E-state index >= 15 is 0 Å². The number of aromatic nitrogens is 2. The van der Waals surface area contributed by atoms with Gasteiger partial charge < -0.3 is 5.32 Å². The summed E-state index contributed by atoms with van der Waals surface area (Å²) in [4.78, 5) is 2.35. The van der Waals surface area contributed by atoms with Gasteiger partial charge in [-0.3, -0.25) is 4.90 Å². The maximum absolute atomic E-state index is 5.95. The highest BCUT2D eigenvalue weighted by Gasteiger charge is 2.17. The maximum Gasteiger partial charge on any atom is 0.138 e. The summed E-state index contributed by atoms with van der Waals surface area (Å²) < 4.78 is 4.54. The van der Waals surface area contributed by atoms with Crippen molar-refractivity contribution in [3.8, 4) is 0 Å².